The van der Waals surface area contributed by atoms with Crippen molar-refractivity contribution in [2.75, 3.05) is 11.9 Å². The van der Waals surface area contributed by atoms with E-state index in [1.54, 1.807) is 6.07 Å². The average Bonchev–Trinajstić information content (AvgIpc) is 2.72. The Morgan fingerprint density at radius 3 is 2.43 bits per heavy atom. The number of nitrogens with one attached hydrogen (secondary N) is 1. The molecule has 0 radical (unpaired) electrons. The Bertz CT molecular complexity index is 906. The lowest BCUT2D eigenvalue weighted by Gasteiger charge is -2.13. The molecule has 3 rings (SSSR count). The fraction of sp³-hybridized carbons (Fsp3) is 0.208. The molecule has 0 spiro atoms. The van der Waals surface area contributed by atoms with E-state index in [4.69, 9.17) is 9.47 Å². The number of rotatable bonds is 8. The Morgan fingerprint density at radius 1 is 0.893 bits per heavy atom. The summed E-state index contributed by atoms with van der Waals surface area (Å²) in [6, 6.07) is 24.6. The van der Waals surface area contributed by atoms with E-state index in [1.165, 1.54) is 0 Å². The highest BCUT2D eigenvalue weighted by Gasteiger charge is 2.13. The van der Waals surface area contributed by atoms with Crippen molar-refractivity contribution in [3.05, 3.63) is 90.0 Å². The molecule has 0 saturated heterocycles. The molecule has 0 bridgehead atoms. The zero-order valence-corrected chi connectivity index (χ0v) is 16.2. The molecule has 0 aliphatic heterocycles. The van der Waals surface area contributed by atoms with Crippen LogP contribution in [0, 0.1) is 5.92 Å². The smallest absolute Gasteiger partial charge is 0.259 e. The Morgan fingerprint density at radius 2 is 1.64 bits per heavy atom. The topological polar surface area (TPSA) is 47.6 Å². The van der Waals surface area contributed by atoms with Crippen molar-refractivity contribution in [3.8, 4) is 11.5 Å². The summed E-state index contributed by atoms with van der Waals surface area (Å²) in [5.74, 6) is 1.46. The summed E-state index contributed by atoms with van der Waals surface area (Å²) in [5, 5.41) is 2.93. The van der Waals surface area contributed by atoms with Gasteiger partial charge >= 0.3 is 0 Å². The van der Waals surface area contributed by atoms with Crippen LogP contribution in [0.15, 0.2) is 78.9 Å². The van der Waals surface area contributed by atoms with E-state index in [0.29, 0.717) is 41.9 Å². The van der Waals surface area contributed by atoms with Gasteiger partial charge in [0.25, 0.3) is 5.91 Å². The molecule has 4 nitrogen and oxygen atoms in total. The molecule has 0 saturated carbocycles. The molecule has 0 atom stereocenters. The summed E-state index contributed by atoms with van der Waals surface area (Å²) >= 11 is 0. The van der Waals surface area contributed by atoms with Crippen molar-refractivity contribution in [3.63, 3.8) is 0 Å². The molecule has 0 aliphatic carbocycles. The number of para-hydroxylation sites is 1. The summed E-state index contributed by atoms with van der Waals surface area (Å²) in [5.41, 5.74) is 2.28. The van der Waals surface area contributed by atoms with Crippen LogP contribution in [0.5, 0.6) is 11.5 Å². The van der Waals surface area contributed by atoms with Gasteiger partial charge in [0.2, 0.25) is 0 Å². The summed E-state index contributed by atoms with van der Waals surface area (Å²) in [4.78, 5) is 12.7. The quantitative estimate of drug-likeness (QED) is 0.561. The number of hydrogen-bond donors (Lipinski definition) is 1. The molecule has 0 aliphatic rings. The molecular weight excluding hydrogens is 350 g/mol. The molecule has 4 heteroatoms. The number of hydrogen-bond acceptors (Lipinski definition) is 3. The second kappa shape index (κ2) is 9.60. The first-order chi connectivity index (χ1) is 13.6. The molecule has 144 valence electrons. The van der Waals surface area contributed by atoms with Crippen molar-refractivity contribution in [2.45, 2.75) is 20.5 Å². The van der Waals surface area contributed by atoms with E-state index < -0.39 is 0 Å². The Balaban J connectivity index is 1.66. The third kappa shape index (κ3) is 5.61. The van der Waals surface area contributed by atoms with Gasteiger partial charge in [-0.3, -0.25) is 4.79 Å². The van der Waals surface area contributed by atoms with Crippen LogP contribution in [0.4, 0.5) is 5.69 Å². The molecule has 0 unspecified atom stereocenters. The van der Waals surface area contributed by atoms with Crippen molar-refractivity contribution in [1.82, 2.24) is 0 Å². The third-order valence-corrected chi connectivity index (χ3v) is 4.04. The van der Waals surface area contributed by atoms with Gasteiger partial charge < -0.3 is 14.8 Å². The number of benzene rings is 3. The van der Waals surface area contributed by atoms with Crippen molar-refractivity contribution in [2.24, 2.45) is 5.92 Å². The van der Waals surface area contributed by atoms with Crippen LogP contribution in [-0.2, 0) is 6.61 Å². The Hall–Kier alpha value is -3.27. The van der Waals surface area contributed by atoms with Crippen LogP contribution in [0.3, 0.4) is 0 Å². The van der Waals surface area contributed by atoms with Crippen LogP contribution >= 0.6 is 0 Å². The molecule has 3 aromatic rings. The number of carbonyl (C=O) groups excluding carboxylic acids is 1. The van der Waals surface area contributed by atoms with Gasteiger partial charge in [-0.15, -0.1) is 0 Å². The van der Waals surface area contributed by atoms with Crippen LogP contribution in [0.2, 0.25) is 0 Å². The van der Waals surface area contributed by atoms with Gasteiger partial charge in [0.05, 0.1) is 12.2 Å². The Kier molecular flexibility index (Phi) is 6.68. The van der Waals surface area contributed by atoms with Gasteiger partial charge in [0, 0.05) is 11.8 Å². The van der Waals surface area contributed by atoms with E-state index in [1.807, 2.05) is 72.8 Å². The molecular formula is C24H25NO3. The monoisotopic (exact) mass is 375 g/mol. The van der Waals surface area contributed by atoms with E-state index in [2.05, 4.69) is 19.2 Å². The first kappa shape index (κ1) is 19.5. The minimum absolute atomic E-state index is 0.209. The Labute approximate surface area is 166 Å². The lowest BCUT2D eigenvalue weighted by molar-refractivity contribution is 0.102. The third-order valence-electron chi connectivity index (χ3n) is 4.04. The van der Waals surface area contributed by atoms with E-state index in [0.717, 1.165) is 5.56 Å². The lowest BCUT2D eigenvalue weighted by Crippen LogP contribution is -2.15. The summed E-state index contributed by atoms with van der Waals surface area (Å²) in [6.07, 6.45) is 0. The van der Waals surface area contributed by atoms with Gasteiger partial charge in [-0.05, 0) is 35.7 Å². The van der Waals surface area contributed by atoms with Crippen LogP contribution < -0.4 is 14.8 Å². The van der Waals surface area contributed by atoms with E-state index in [-0.39, 0.29) is 5.91 Å². The summed E-state index contributed by atoms with van der Waals surface area (Å²) in [7, 11) is 0. The zero-order valence-electron chi connectivity index (χ0n) is 16.2. The van der Waals surface area contributed by atoms with E-state index in [9.17, 15) is 4.79 Å². The van der Waals surface area contributed by atoms with Crippen LogP contribution in [0.25, 0.3) is 0 Å². The highest BCUT2D eigenvalue weighted by atomic mass is 16.5. The molecule has 0 fully saturated rings. The van der Waals surface area contributed by atoms with Crippen molar-refractivity contribution < 1.29 is 14.3 Å². The fourth-order valence-corrected chi connectivity index (χ4v) is 2.64. The number of amides is 1. The zero-order chi connectivity index (χ0) is 19.8. The highest BCUT2D eigenvalue weighted by molar-refractivity contribution is 6.06. The van der Waals surface area contributed by atoms with Gasteiger partial charge in [-0.2, -0.15) is 0 Å². The molecule has 0 heterocycles. The van der Waals surface area contributed by atoms with Crippen LogP contribution in [0.1, 0.15) is 29.8 Å². The van der Waals surface area contributed by atoms with Gasteiger partial charge in [0.1, 0.15) is 18.1 Å². The standard InChI is InChI=1S/C24H25NO3/c1-18(2)16-28-23-14-7-6-13-22(23)24(26)25-20-11-8-12-21(15-20)27-17-19-9-4-3-5-10-19/h3-15,18H,16-17H2,1-2H3,(H,25,26). The largest absolute Gasteiger partial charge is 0.492 e. The van der Waals surface area contributed by atoms with Crippen molar-refractivity contribution >= 4 is 11.6 Å². The second-order valence-corrected chi connectivity index (χ2v) is 6.96. The SMILES string of the molecule is CC(C)COc1ccccc1C(=O)Nc1cccc(OCc2ccccc2)c1. The van der Waals surface area contributed by atoms with Crippen LogP contribution in [-0.4, -0.2) is 12.5 Å². The summed E-state index contributed by atoms with van der Waals surface area (Å²) in [6.45, 7) is 5.18. The minimum atomic E-state index is -0.209. The highest BCUT2D eigenvalue weighted by Crippen LogP contribution is 2.23. The molecule has 1 N–H and O–H groups in total. The van der Waals surface area contributed by atoms with Gasteiger partial charge in [-0.25, -0.2) is 0 Å². The maximum atomic E-state index is 12.7. The van der Waals surface area contributed by atoms with Gasteiger partial charge in [-0.1, -0.05) is 62.4 Å². The maximum absolute atomic E-state index is 12.7. The lowest BCUT2D eigenvalue weighted by atomic mass is 10.1. The fourth-order valence-electron chi connectivity index (χ4n) is 2.64. The molecule has 28 heavy (non-hydrogen) atoms. The average molecular weight is 375 g/mol. The first-order valence-corrected chi connectivity index (χ1v) is 9.42. The maximum Gasteiger partial charge on any atom is 0.259 e. The first-order valence-electron chi connectivity index (χ1n) is 9.42. The number of ether oxygens (including phenoxy) is 2. The molecule has 0 aromatic heterocycles. The van der Waals surface area contributed by atoms with Gasteiger partial charge in [0.15, 0.2) is 0 Å². The number of carbonyl (C=O) groups is 1. The number of anilines is 1. The van der Waals surface area contributed by atoms with Crippen molar-refractivity contribution in [1.29, 1.82) is 0 Å². The molecule has 3 aromatic carbocycles. The second-order valence-electron chi connectivity index (χ2n) is 6.96. The van der Waals surface area contributed by atoms with E-state index >= 15 is 0 Å². The normalized spacial score (nSPS) is 10.5. The predicted octanol–water partition coefficient (Wildman–Crippen LogP) is 5.55. The minimum Gasteiger partial charge on any atom is -0.492 e. The molecule has 1 amide bonds. The predicted molar refractivity (Wildman–Crippen MR) is 112 cm³/mol. The summed E-state index contributed by atoms with van der Waals surface area (Å²) < 4.78 is 11.6.